The van der Waals surface area contributed by atoms with Gasteiger partial charge in [0.05, 0.1) is 26.6 Å². The minimum absolute atomic E-state index is 0.102. The highest BCUT2D eigenvalue weighted by atomic mass is 16.5. The maximum Gasteiger partial charge on any atom is 0.305 e. The van der Waals surface area contributed by atoms with Crippen molar-refractivity contribution in [2.75, 3.05) is 39.3 Å². The van der Waals surface area contributed by atoms with Gasteiger partial charge in [0.2, 0.25) is 11.8 Å². The molecular weight excluding hydrogens is 328 g/mol. The minimum Gasteiger partial charge on any atom is -0.493 e. The maximum absolute atomic E-state index is 12.4. The molecule has 0 bridgehead atoms. The Morgan fingerprint density at radius 2 is 1.96 bits per heavy atom. The molecule has 0 spiro atoms. The van der Waals surface area contributed by atoms with Gasteiger partial charge >= 0.3 is 5.97 Å². The molecule has 0 aromatic heterocycles. The normalized spacial score (nSPS) is 16.7. The summed E-state index contributed by atoms with van der Waals surface area (Å²) in [6.45, 7) is 0.375. The number of carbonyl (C=O) groups is 3. The second-order valence-electron chi connectivity index (χ2n) is 5.85. The Balaban J connectivity index is 2.09. The fourth-order valence-corrected chi connectivity index (χ4v) is 2.80. The van der Waals surface area contributed by atoms with Crippen LogP contribution in [0.1, 0.15) is 12.8 Å². The van der Waals surface area contributed by atoms with E-state index in [9.17, 15) is 14.4 Å². The SMILES string of the molecule is COc1ccc(N2C[C@@H](C(=O)N(C)CCC(=O)O)CC2=O)cc1OC. The van der Waals surface area contributed by atoms with Gasteiger partial charge in [0.25, 0.3) is 0 Å². The third kappa shape index (κ3) is 4.20. The Morgan fingerprint density at radius 1 is 1.28 bits per heavy atom. The number of benzene rings is 1. The Hall–Kier alpha value is -2.77. The van der Waals surface area contributed by atoms with Crippen molar-refractivity contribution in [1.82, 2.24) is 4.90 Å². The highest BCUT2D eigenvalue weighted by Gasteiger charge is 2.36. The topological polar surface area (TPSA) is 96.4 Å². The number of hydrogen-bond donors (Lipinski definition) is 1. The van der Waals surface area contributed by atoms with Gasteiger partial charge < -0.3 is 24.4 Å². The van der Waals surface area contributed by atoms with Gasteiger partial charge in [-0.15, -0.1) is 0 Å². The fraction of sp³-hybridized carbons (Fsp3) is 0.471. The molecule has 0 aliphatic carbocycles. The van der Waals surface area contributed by atoms with Crippen molar-refractivity contribution in [2.45, 2.75) is 12.8 Å². The summed E-state index contributed by atoms with van der Waals surface area (Å²) in [7, 11) is 4.59. The first-order valence-corrected chi connectivity index (χ1v) is 7.86. The number of carboxylic acids is 1. The zero-order valence-electron chi connectivity index (χ0n) is 14.5. The van der Waals surface area contributed by atoms with Crippen LogP contribution in [-0.4, -0.2) is 62.1 Å². The van der Waals surface area contributed by atoms with Crippen LogP contribution in [0.5, 0.6) is 11.5 Å². The predicted octanol–water partition coefficient (Wildman–Crippen LogP) is 0.990. The summed E-state index contributed by atoms with van der Waals surface area (Å²) in [6, 6.07) is 5.13. The highest BCUT2D eigenvalue weighted by Crippen LogP contribution is 2.34. The molecule has 1 aromatic rings. The Morgan fingerprint density at radius 3 is 2.56 bits per heavy atom. The molecule has 1 aliphatic heterocycles. The first-order valence-electron chi connectivity index (χ1n) is 7.86. The zero-order valence-corrected chi connectivity index (χ0v) is 14.5. The summed E-state index contributed by atoms with van der Waals surface area (Å²) < 4.78 is 10.4. The monoisotopic (exact) mass is 350 g/mol. The number of aliphatic carboxylic acids is 1. The predicted molar refractivity (Wildman–Crippen MR) is 89.9 cm³/mol. The number of hydrogen-bond acceptors (Lipinski definition) is 5. The van der Waals surface area contributed by atoms with Crippen molar-refractivity contribution in [3.8, 4) is 11.5 Å². The molecule has 0 radical (unpaired) electrons. The molecule has 1 fully saturated rings. The quantitative estimate of drug-likeness (QED) is 0.788. The highest BCUT2D eigenvalue weighted by molar-refractivity contribution is 6.00. The number of nitrogens with zero attached hydrogens (tertiary/aromatic N) is 2. The largest absolute Gasteiger partial charge is 0.493 e. The fourth-order valence-electron chi connectivity index (χ4n) is 2.80. The van der Waals surface area contributed by atoms with E-state index in [2.05, 4.69) is 0 Å². The smallest absolute Gasteiger partial charge is 0.305 e. The summed E-state index contributed by atoms with van der Waals surface area (Å²) in [5.74, 6) is -0.775. The molecule has 1 atom stereocenters. The van der Waals surface area contributed by atoms with E-state index in [0.29, 0.717) is 17.2 Å². The van der Waals surface area contributed by atoms with Crippen LogP contribution in [0.3, 0.4) is 0 Å². The molecular formula is C17H22N2O6. The van der Waals surface area contributed by atoms with Crippen molar-refractivity contribution in [3.05, 3.63) is 18.2 Å². The van der Waals surface area contributed by atoms with E-state index < -0.39 is 11.9 Å². The van der Waals surface area contributed by atoms with E-state index in [1.807, 2.05) is 0 Å². The summed E-state index contributed by atoms with van der Waals surface area (Å²) in [4.78, 5) is 38.3. The number of carbonyl (C=O) groups excluding carboxylic acids is 2. The van der Waals surface area contributed by atoms with Crippen molar-refractivity contribution in [3.63, 3.8) is 0 Å². The van der Waals surface area contributed by atoms with Crippen LogP contribution in [0.4, 0.5) is 5.69 Å². The maximum atomic E-state index is 12.4. The number of rotatable bonds is 7. The minimum atomic E-state index is -0.964. The second-order valence-corrected chi connectivity index (χ2v) is 5.85. The molecule has 0 unspecified atom stereocenters. The van der Waals surface area contributed by atoms with Crippen molar-refractivity contribution < 1.29 is 29.0 Å². The van der Waals surface area contributed by atoms with Crippen LogP contribution < -0.4 is 14.4 Å². The van der Waals surface area contributed by atoms with Crippen LogP contribution in [0.15, 0.2) is 18.2 Å². The number of amides is 2. The second kappa shape index (κ2) is 7.87. The lowest BCUT2D eigenvalue weighted by atomic mass is 10.1. The zero-order chi connectivity index (χ0) is 18.6. The van der Waals surface area contributed by atoms with E-state index in [4.69, 9.17) is 14.6 Å². The molecule has 1 aromatic carbocycles. The number of anilines is 1. The van der Waals surface area contributed by atoms with Gasteiger partial charge in [0.1, 0.15) is 0 Å². The van der Waals surface area contributed by atoms with Crippen LogP contribution in [0, 0.1) is 5.92 Å². The number of methoxy groups -OCH3 is 2. The van der Waals surface area contributed by atoms with Gasteiger partial charge in [0, 0.05) is 38.3 Å². The molecule has 2 amide bonds. The third-order valence-corrected chi connectivity index (χ3v) is 4.19. The Bertz CT molecular complexity index is 675. The van der Waals surface area contributed by atoms with E-state index in [1.54, 1.807) is 25.2 Å². The molecule has 136 valence electrons. The molecule has 0 saturated carbocycles. The number of ether oxygens (including phenoxy) is 2. The first kappa shape index (κ1) is 18.6. The van der Waals surface area contributed by atoms with E-state index in [0.717, 1.165) is 0 Å². The van der Waals surface area contributed by atoms with E-state index in [-0.39, 0.29) is 37.7 Å². The molecule has 1 N–H and O–H groups in total. The Kier molecular flexibility index (Phi) is 5.84. The summed E-state index contributed by atoms with van der Waals surface area (Å²) in [6.07, 6.45) is -0.0209. The summed E-state index contributed by atoms with van der Waals surface area (Å²) >= 11 is 0. The third-order valence-electron chi connectivity index (χ3n) is 4.19. The lowest BCUT2D eigenvalue weighted by Crippen LogP contribution is -2.36. The van der Waals surface area contributed by atoms with Gasteiger partial charge in [-0.2, -0.15) is 0 Å². The average Bonchev–Trinajstić information content (AvgIpc) is 2.99. The Labute approximate surface area is 145 Å². The number of carboxylic acid groups (broad SMARTS) is 1. The van der Waals surface area contributed by atoms with Gasteiger partial charge in [0.15, 0.2) is 11.5 Å². The summed E-state index contributed by atoms with van der Waals surface area (Å²) in [5, 5.41) is 8.71. The standard InChI is InChI=1S/C17H22N2O6/c1-18(7-6-16(21)22)17(23)11-8-15(20)19(10-11)12-4-5-13(24-2)14(9-12)25-3/h4-5,9,11H,6-8,10H2,1-3H3,(H,21,22)/t11-/m0/s1. The van der Waals surface area contributed by atoms with Gasteiger partial charge in [-0.3, -0.25) is 14.4 Å². The molecule has 1 heterocycles. The lowest BCUT2D eigenvalue weighted by molar-refractivity contribution is -0.139. The van der Waals surface area contributed by atoms with E-state index in [1.165, 1.54) is 24.0 Å². The summed E-state index contributed by atoms with van der Waals surface area (Å²) in [5.41, 5.74) is 0.631. The van der Waals surface area contributed by atoms with Crippen LogP contribution in [0.25, 0.3) is 0 Å². The lowest BCUT2D eigenvalue weighted by Gasteiger charge is -2.21. The average molecular weight is 350 g/mol. The first-order chi connectivity index (χ1) is 11.9. The molecule has 1 saturated heterocycles. The van der Waals surface area contributed by atoms with Gasteiger partial charge in [-0.25, -0.2) is 0 Å². The van der Waals surface area contributed by atoms with Crippen LogP contribution >= 0.6 is 0 Å². The van der Waals surface area contributed by atoms with Crippen molar-refractivity contribution in [2.24, 2.45) is 5.92 Å². The molecule has 8 heteroatoms. The molecule has 25 heavy (non-hydrogen) atoms. The molecule has 2 rings (SSSR count). The van der Waals surface area contributed by atoms with Crippen molar-refractivity contribution >= 4 is 23.5 Å². The van der Waals surface area contributed by atoms with Gasteiger partial charge in [-0.05, 0) is 12.1 Å². The van der Waals surface area contributed by atoms with Crippen LogP contribution in [-0.2, 0) is 14.4 Å². The van der Waals surface area contributed by atoms with Gasteiger partial charge in [-0.1, -0.05) is 0 Å². The van der Waals surface area contributed by atoms with Crippen molar-refractivity contribution in [1.29, 1.82) is 0 Å². The molecule has 8 nitrogen and oxygen atoms in total. The van der Waals surface area contributed by atoms with E-state index >= 15 is 0 Å². The van der Waals surface area contributed by atoms with Crippen LogP contribution in [0.2, 0.25) is 0 Å². The molecule has 1 aliphatic rings.